The van der Waals surface area contributed by atoms with Crippen molar-refractivity contribution in [2.75, 3.05) is 0 Å². The van der Waals surface area contributed by atoms with Crippen LogP contribution in [-0.4, -0.2) is 5.97 Å². The molecular weight excluding hydrogens is 270 g/mol. The highest BCUT2D eigenvalue weighted by atomic mass is 35.5. The van der Waals surface area contributed by atoms with E-state index in [-0.39, 0.29) is 6.61 Å². The number of hydrogen-bond donors (Lipinski definition) is 0. The van der Waals surface area contributed by atoms with Crippen molar-refractivity contribution in [2.24, 2.45) is 0 Å². The fraction of sp³-hybridized carbons (Fsp3) is 0.182. The SMILES string of the molecule is C=C(C)C(=O)OCc1c(Cl)cc(Cl)cc1Cl. The number of hydrogen-bond acceptors (Lipinski definition) is 2. The number of ether oxygens (including phenoxy) is 1. The summed E-state index contributed by atoms with van der Waals surface area (Å²) in [4.78, 5) is 11.2. The number of rotatable bonds is 3. The quantitative estimate of drug-likeness (QED) is 0.610. The van der Waals surface area contributed by atoms with Gasteiger partial charge in [-0.05, 0) is 19.1 Å². The van der Waals surface area contributed by atoms with E-state index in [1.165, 1.54) is 0 Å². The fourth-order valence-corrected chi connectivity index (χ4v) is 1.90. The van der Waals surface area contributed by atoms with E-state index < -0.39 is 5.97 Å². The van der Waals surface area contributed by atoms with E-state index in [0.29, 0.717) is 26.2 Å². The zero-order chi connectivity index (χ0) is 12.3. The van der Waals surface area contributed by atoms with Gasteiger partial charge in [0.15, 0.2) is 0 Å². The van der Waals surface area contributed by atoms with E-state index in [2.05, 4.69) is 6.58 Å². The van der Waals surface area contributed by atoms with Gasteiger partial charge in [0.2, 0.25) is 0 Å². The van der Waals surface area contributed by atoms with Gasteiger partial charge in [-0.1, -0.05) is 41.4 Å². The third-order valence-electron chi connectivity index (χ3n) is 1.80. The van der Waals surface area contributed by atoms with Crippen molar-refractivity contribution in [1.29, 1.82) is 0 Å². The van der Waals surface area contributed by atoms with Crippen molar-refractivity contribution in [3.05, 3.63) is 44.9 Å². The first-order chi connectivity index (χ1) is 7.41. The van der Waals surface area contributed by atoms with E-state index in [0.717, 1.165) is 0 Å². The third-order valence-corrected chi connectivity index (χ3v) is 2.69. The van der Waals surface area contributed by atoms with Crippen LogP contribution in [0.4, 0.5) is 0 Å². The van der Waals surface area contributed by atoms with Crippen LogP contribution in [-0.2, 0) is 16.1 Å². The Morgan fingerprint density at radius 3 is 2.25 bits per heavy atom. The van der Waals surface area contributed by atoms with Gasteiger partial charge in [0.1, 0.15) is 6.61 Å². The van der Waals surface area contributed by atoms with Crippen LogP contribution >= 0.6 is 34.8 Å². The largest absolute Gasteiger partial charge is 0.457 e. The molecule has 0 aromatic heterocycles. The molecule has 0 heterocycles. The van der Waals surface area contributed by atoms with E-state index in [1.807, 2.05) is 0 Å². The lowest BCUT2D eigenvalue weighted by Crippen LogP contribution is -2.05. The zero-order valence-electron chi connectivity index (χ0n) is 8.52. The predicted molar refractivity (Wildman–Crippen MR) is 66.1 cm³/mol. The van der Waals surface area contributed by atoms with Crippen molar-refractivity contribution in [3.63, 3.8) is 0 Å². The second-order valence-corrected chi connectivity index (χ2v) is 4.46. The molecule has 0 radical (unpaired) electrons. The van der Waals surface area contributed by atoms with Crippen LogP contribution in [0.3, 0.4) is 0 Å². The maximum Gasteiger partial charge on any atom is 0.333 e. The Balaban J connectivity index is 2.82. The molecule has 0 aliphatic heterocycles. The van der Waals surface area contributed by atoms with Crippen LogP contribution in [0, 0.1) is 0 Å². The highest BCUT2D eigenvalue weighted by Gasteiger charge is 2.10. The Bertz CT molecular complexity index is 418. The summed E-state index contributed by atoms with van der Waals surface area (Å²) in [6, 6.07) is 3.08. The molecule has 2 nitrogen and oxygen atoms in total. The van der Waals surface area contributed by atoms with Crippen LogP contribution < -0.4 is 0 Å². The molecule has 0 fully saturated rings. The molecule has 0 amide bonds. The smallest absolute Gasteiger partial charge is 0.333 e. The topological polar surface area (TPSA) is 26.3 Å². The first kappa shape index (κ1) is 13.4. The molecule has 0 aliphatic rings. The minimum absolute atomic E-state index is 0.000525. The minimum Gasteiger partial charge on any atom is -0.457 e. The highest BCUT2D eigenvalue weighted by molar-refractivity contribution is 6.39. The Labute approximate surface area is 109 Å². The normalized spacial score (nSPS) is 10.0. The molecule has 1 rings (SSSR count). The van der Waals surface area contributed by atoms with E-state index >= 15 is 0 Å². The van der Waals surface area contributed by atoms with Gasteiger partial charge in [-0.3, -0.25) is 0 Å². The minimum atomic E-state index is -0.484. The summed E-state index contributed by atoms with van der Waals surface area (Å²) >= 11 is 17.6. The summed E-state index contributed by atoms with van der Waals surface area (Å²) in [7, 11) is 0. The Morgan fingerprint density at radius 2 is 1.81 bits per heavy atom. The van der Waals surface area contributed by atoms with Crippen molar-refractivity contribution in [1.82, 2.24) is 0 Å². The number of carbonyl (C=O) groups is 1. The average molecular weight is 280 g/mol. The summed E-state index contributed by atoms with van der Waals surface area (Å²) in [5.41, 5.74) is 0.851. The highest BCUT2D eigenvalue weighted by Crippen LogP contribution is 2.29. The molecule has 0 saturated carbocycles. The van der Waals surface area contributed by atoms with Crippen molar-refractivity contribution in [2.45, 2.75) is 13.5 Å². The van der Waals surface area contributed by atoms with E-state index in [9.17, 15) is 4.79 Å². The number of benzene rings is 1. The fourth-order valence-electron chi connectivity index (χ4n) is 0.971. The standard InChI is InChI=1S/C11H9Cl3O2/c1-6(2)11(15)16-5-8-9(13)3-7(12)4-10(8)14/h3-4H,1,5H2,2H3. The van der Waals surface area contributed by atoms with Crippen molar-refractivity contribution < 1.29 is 9.53 Å². The van der Waals surface area contributed by atoms with Gasteiger partial charge >= 0.3 is 5.97 Å². The summed E-state index contributed by atoms with van der Waals surface area (Å²) in [5, 5.41) is 1.17. The lowest BCUT2D eigenvalue weighted by atomic mass is 10.2. The summed E-state index contributed by atoms with van der Waals surface area (Å²) in [6.45, 7) is 5.03. The molecule has 0 N–H and O–H groups in total. The van der Waals surface area contributed by atoms with Gasteiger partial charge in [0.25, 0.3) is 0 Å². The average Bonchev–Trinajstić information content (AvgIpc) is 2.15. The van der Waals surface area contributed by atoms with Crippen LogP contribution in [0.2, 0.25) is 15.1 Å². The molecule has 1 aromatic carbocycles. The van der Waals surface area contributed by atoms with Gasteiger partial charge in [-0.2, -0.15) is 0 Å². The van der Waals surface area contributed by atoms with Crippen LogP contribution in [0.5, 0.6) is 0 Å². The molecule has 0 bridgehead atoms. The van der Waals surface area contributed by atoms with Gasteiger partial charge in [-0.25, -0.2) is 4.79 Å². The number of carbonyl (C=O) groups excluding carboxylic acids is 1. The lowest BCUT2D eigenvalue weighted by Gasteiger charge is -2.08. The van der Waals surface area contributed by atoms with Crippen LogP contribution in [0.25, 0.3) is 0 Å². The summed E-state index contributed by atoms with van der Waals surface area (Å²) < 4.78 is 4.94. The van der Waals surface area contributed by atoms with Crippen LogP contribution in [0.1, 0.15) is 12.5 Å². The monoisotopic (exact) mass is 278 g/mol. The molecule has 0 aliphatic carbocycles. The maximum atomic E-state index is 11.2. The van der Waals surface area contributed by atoms with Gasteiger partial charge < -0.3 is 4.74 Å². The molecule has 86 valence electrons. The molecule has 0 spiro atoms. The van der Waals surface area contributed by atoms with E-state index in [4.69, 9.17) is 39.5 Å². The van der Waals surface area contributed by atoms with Crippen molar-refractivity contribution >= 4 is 40.8 Å². The number of esters is 1. The Hall–Kier alpha value is -0.700. The maximum absolute atomic E-state index is 11.2. The molecule has 5 heteroatoms. The first-order valence-electron chi connectivity index (χ1n) is 4.38. The van der Waals surface area contributed by atoms with Gasteiger partial charge in [0.05, 0.1) is 10.0 Å². The Kier molecular flexibility index (Phi) is 4.66. The molecular formula is C11H9Cl3O2. The third kappa shape index (κ3) is 3.41. The molecule has 1 aromatic rings. The lowest BCUT2D eigenvalue weighted by molar-refractivity contribution is -0.140. The molecule has 0 saturated heterocycles. The van der Waals surface area contributed by atoms with Gasteiger partial charge in [-0.15, -0.1) is 0 Å². The zero-order valence-corrected chi connectivity index (χ0v) is 10.8. The second kappa shape index (κ2) is 5.58. The molecule has 0 atom stereocenters. The Morgan fingerprint density at radius 1 is 1.31 bits per heavy atom. The van der Waals surface area contributed by atoms with Crippen molar-refractivity contribution in [3.8, 4) is 0 Å². The van der Waals surface area contributed by atoms with Crippen LogP contribution in [0.15, 0.2) is 24.3 Å². The summed E-state index contributed by atoms with van der Waals surface area (Å²) in [6.07, 6.45) is 0. The van der Waals surface area contributed by atoms with Gasteiger partial charge in [0, 0.05) is 16.2 Å². The number of halogens is 3. The molecule has 16 heavy (non-hydrogen) atoms. The second-order valence-electron chi connectivity index (χ2n) is 3.20. The summed E-state index contributed by atoms with van der Waals surface area (Å²) in [5.74, 6) is -0.484. The predicted octanol–water partition coefficient (Wildman–Crippen LogP) is 4.27. The first-order valence-corrected chi connectivity index (χ1v) is 5.51. The molecule has 0 unspecified atom stereocenters. The van der Waals surface area contributed by atoms with E-state index in [1.54, 1.807) is 19.1 Å².